The minimum Gasteiger partial charge on any atom is -0.493 e. The van der Waals surface area contributed by atoms with Crippen molar-refractivity contribution in [3.05, 3.63) is 101 Å². The molecule has 40 heavy (non-hydrogen) atoms. The van der Waals surface area contributed by atoms with Gasteiger partial charge in [0.25, 0.3) is 10.0 Å². The minimum atomic E-state index is -4.60. The highest BCUT2D eigenvalue weighted by Crippen LogP contribution is 2.44. The van der Waals surface area contributed by atoms with Gasteiger partial charge in [0.15, 0.2) is 5.82 Å². The first-order valence-electron chi connectivity index (χ1n) is 11.7. The quantitative estimate of drug-likeness (QED) is 0.284. The van der Waals surface area contributed by atoms with Crippen LogP contribution in [0.1, 0.15) is 39.4 Å². The number of halogens is 4. The third kappa shape index (κ3) is 5.45. The number of hydrogen-bond acceptors (Lipinski definition) is 6. The molecule has 1 aliphatic heterocycles. The third-order valence-electron chi connectivity index (χ3n) is 6.38. The molecule has 8 nitrogen and oxygen atoms in total. The molecule has 3 aromatic carbocycles. The lowest BCUT2D eigenvalue weighted by atomic mass is 9.82. The Morgan fingerprint density at radius 1 is 0.975 bits per heavy atom. The summed E-state index contributed by atoms with van der Waals surface area (Å²) in [4.78, 5) is 18.3. The summed E-state index contributed by atoms with van der Waals surface area (Å²) in [5.41, 5.74) is 0.872. The van der Waals surface area contributed by atoms with Gasteiger partial charge in [0.2, 0.25) is 5.95 Å². The molecule has 13 heteroatoms. The number of aromatic nitrogens is 2. The summed E-state index contributed by atoms with van der Waals surface area (Å²) in [7, 11) is -4.18. The van der Waals surface area contributed by atoms with E-state index in [1.165, 1.54) is 48.5 Å². The van der Waals surface area contributed by atoms with Gasteiger partial charge in [-0.2, -0.15) is 13.2 Å². The normalized spacial score (nSPS) is 15.2. The number of fused-ring (bicyclic) bond motifs is 1. The van der Waals surface area contributed by atoms with E-state index in [0.717, 1.165) is 24.5 Å². The molecule has 206 valence electrons. The molecule has 2 heterocycles. The lowest BCUT2D eigenvalue weighted by Crippen LogP contribution is -2.19. The fourth-order valence-corrected chi connectivity index (χ4v) is 5.46. The SMILES string of the molecule is O=C(O)c1ccc(-c2cc(C(F)(F)F)ccc2[C@H]2CCOc3cc(S(=O)(=O)Nc4ncc(F)cn4)ccc32)cc1. The molecule has 0 aliphatic carbocycles. The van der Waals surface area contributed by atoms with Gasteiger partial charge in [-0.3, -0.25) is 0 Å². The number of ether oxygens (including phenoxy) is 1. The molecule has 2 N–H and O–H groups in total. The fourth-order valence-electron chi connectivity index (χ4n) is 4.48. The summed E-state index contributed by atoms with van der Waals surface area (Å²) in [6.45, 7) is 0.161. The zero-order valence-corrected chi connectivity index (χ0v) is 21.1. The van der Waals surface area contributed by atoms with Crippen molar-refractivity contribution in [1.82, 2.24) is 9.97 Å². The number of carboxylic acid groups (broad SMARTS) is 1. The van der Waals surface area contributed by atoms with Gasteiger partial charge in [0.05, 0.1) is 35.0 Å². The van der Waals surface area contributed by atoms with E-state index in [9.17, 15) is 35.9 Å². The summed E-state index contributed by atoms with van der Waals surface area (Å²) < 4.78 is 87.5. The molecular formula is C27H19F4N3O5S. The van der Waals surface area contributed by atoms with Crippen LogP contribution < -0.4 is 9.46 Å². The van der Waals surface area contributed by atoms with Crippen LogP contribution in [0.3, 0.4) is 0 Å². The van der Waals surface area contributed by atoms with Crippen LogP contribution in [-0.2, 0) is 16.2 Å². The fraction of sp³-hybridized carbons (Fsp3) is 0.148. The predicted molar refractivity (Wildman–Crippen MR) is 135 cm³/mol. The van der Waals surface area contributed by atoms with Crippen molar-refractivity contribution in [3.8, 4) is 16.9 Å². The largest absolute Gasteiger partial charge is 0.493 e. The first-order valence-corrected chi connectivity index (χ1v) is 13.2. The van der Waals surface area contributed by atoms with Gasteiger partial charge >= 0.3 is 12.1 Å². The third-order valence-corrected chi connectivity index (χ3v) is 7.71. The smallest absolute Gasteiger partial charge is 0.416 e. The van der Waals surface area contributed by atoms with Crippen LogP contribution in [0, 0.1) is 5.82 Å². The Bertz CT molecular complexity index is 1690. The van der Waals surface area contributed by atoms with Crippen molar-refractivity contribution in [2.75, 3.05) is 11.3 Å². The molecule has 0 saturated carbocycles. The monoisotopic (exact) mass is 573 g/mol. The number of anilines is 1. The van der Waals surface area contributed by atoms with E-state index < -0.39 is 39.5 Å². The standard InChI is InChI=1S/C27H19F4N3O5S/c28-18-13-32-26(33-14-18)34-40(37,38)19-6-8-22-21(9-10-39-24(22)12-19)20-7-5-17(27(29,30)31)11-23(20)15-1-3-16(4-2-15)25(35)36/h1-8,11-14,21H,9-10H2,(H,35,36)(H,32,33,34)/t21-/m1/s1. The van der Waals surface area contributed by atoms with Crippen molar-refractivity contribution in [1.29, 1.82) is 0 Å². The van der Waals surface area contributed by atoms with Crippen molar-refractivity contribution < 1.29 is 40.6 Å². The lowest BCUT2D eigenvalue weighted by Gasteiger charge is -2.29. The Morgan fingerprint density at radius 2 is 1.65 bits per heavy atom. The maximum atomic E-state index is 13.6. The number of benzene rings is 3. The van der Waals surface area contributed by atoms with Crippen LogP contribution in [0.25, 0.3) is 11.1 Å². The first kappa shape index (κ1) is 27.1. The van der Waals surface area contributed by atoms with Crippen molar-refractivity contribution >= 4 is 21.9 Å². The number of carbonyl (C=O) groups is 1. The van der Waals surface area contributed by atoms with Gasteiger partial charge in [-0.15, -0.1) is 0 Å². The summed E-state index contributed by atoms with van der Waals surface area (Å²) in [6.07, 6.45) is -2.59. The molecule has 1 aliphatic rings. The summed E-state index contributed by atoms with van der Waals surface area (Å²) in [5.74, 6) is -2.46. The molecule has 0 spiro atoms. The van der Waals surface area contributed by atoms with Crippen molar-refractivity contribution in [2.24, 2.45) is 0 Å². The molecule has 5 rings (SSSR count). The van der Waals surface area contributed by atoms with E-state index in [-0.39, 0.29) is 34.3 Å². The van der Waals surface area contributed by atoms with Gasteiger partial charge in [-0.05, 0) is 53.4 Å². The van der Waals surface area contributed by atoms with E-state index in [1.807, 2.05) is 0 Å². The zero-order chi connectivity index (χ0) is 28.7. The summed E-state index contributed by atoms with van der Waals surface area (Å²) >= 11 is 0. The van der Waals surface area contributed by atoms with Gasteiger partial charge in [-0.1, -0.05) is 24.3 Å². The van der Waals surface area contributed by atoms with Crippen molar-refractivity contribution in [2.45, 2.75) is 23.4 Å². The Labute approximate surface area is 225 Å². The van der Waals surface area contributed by atoms with E-state index in [4.69, 9.17) is 4.74 Å². The second kappa shape index (κ2) is 10.2. The number of rotatable bonds is 6. The van der Waals surface area contributed by atoms with Gasteiger partial charge in [0.1, 0.15) is 5.75 Å². The molecule has 1 atom stereocenters. The van der Waals surface area contributed by atoms with Crippen LogP contribution in [0.15, 0.2) is 78.0 Å². The Morgan fingerprint density at radius 3 is 2.30 bits per heavy atom. The number of carboxylic acids is 1. The van der Waals surface area contributed by atoms with Crippen LogP contribution in [0.2, 0.25) is 0 Å². The molecule has 0 saturated heterocycles. The zero-order valence-electron chi connectivity index (χ0n) is 20.3. The van der Waals surface area contributed by atoms with E-state index in [2.05, 4.69) is 14.7 Å². The Kier molecular flexibility index (Phi) is 6.92. The van der Waals surface area contributed by atoms with Gasteiger partial charge in [-0.25, -0.2) is 32.3 Å². The Hall–Kier alpha value is -4.52. The summed E-state index contributed by atoms with van der Waals surface area (Å²) in [6, 6.07) is 13.0. The predicted octanol–water partition coefficient (Wildman–Crippen LogP) is 5.71. The molecule has 0 bridgehead atoms. The van der Waals surface area contributed by atoms with Crippen LogP contribution in [0.5, 0.6) is 5.75 Å². The number of hydrogen-bond donors (Lipinski definition) is 2. The van der Waals surface area contributed by atoms with Gasteiger partial charge < -0.3 is 9.84 Å². The first-order chi connectivity index (χ1) is 18.9. The number of nitrogens with one attached hydrogen (secondary N) is 1. The average molecular weight is 574 g/mol. The lowest BCUT2D eigenvalue weighted by molar-refractivity contribution is -0.137. The maximum absolute atomic E-state index is 13.6. The Balaban J connectivity index is 1.55. The number of nitrogens with zero attached hydrogens (tertiary/aromatic N) is 2. The molecule has 1 aromatic heterocycles. The van der Waals surface area contributed by atoms with Crippen LogP contribution in [-0.4, -0.2) is 36.1 Å². The summed E-state index contributed by atoms with van der Waals surface area (Å²) in [5, 5.41) is 9.21. The average Bonchev–Trinajstić information content (AvgIpc) is 2.93. The minimum absolute atomic E-state index is 0.0120. The highest BCUT2D eigenvalue weighted by atomic mass is 32.2. The highest BCUT2D eigenvalue weighted by molar-refractivity contribution is 7.92. The second-order valence-corrected chi connectivity index (χ2v) is 10.6. The number of sulfonamides is 1. The molecule has 0 fully saturated rings. The van der Waals surface area contributed by atoms with E-state index >= 15 is 0 Å². The number of aromatic carboxylic acids is 1. The van der Waals surface area contributed by atoms with Crippen molar-refractivity contribution in [3.63, 3.8) is 0 Å². The molecule has 0 amide bonds. The van der Waals surface area contributed by atoms with E-state index in [0.29, 0.717) is 23.1 Å². The second-order valence-electron chi connectivity index (χ2n) is 8.90. The molecule has 0 radical (unpaired) electrons. The van der Waals surface area contributed by atoms with Crippen LogP contribution >= 0.6 is 0 Å². The van der Waals surface area contributed by atoms with E-state index in [1.54, 1.807) is 0 Å². The highest BCUT2D eigenvalue weighted by Gasteiger charge is 2.33. The van der Waals surface area contributed by atoms with Gasteiger partial charge in [0, 0.05) is 17.5 Å². The van der Waals surface area contributed by atoms with Crippen LogP contribution in [0.4, 0.5) is 23.5 Å². The number of alkyl halides is 3. The molecule has 0 unspecified atom stereocenters. The topological polar surface area (TPSA) is 118 Å². The molecule has 4 aromatic rings. The maximum Gasteiger partial charge on any atom is 0.416 e. The molecular weight excluding hydrogens is 554 g/mol.